The topological polar surface area (TPSA) is 79.9 Å². The third kappa shape index (κ3) is 8.64. The van der Waals surface area contributed by atoms with Gasteiger partial charge in [0.25, 0.3) is 0 Å². The summed E-state index contributed by atoms with van der Waals surface area (Å²) < 4.78 is 16.3. The molecule has 8 nitrogen and oxygen atoms in total. The number of rotatable bonds is 7. The summed E-state index contributed by atoms with van der Waals surface area (Å²) in [6.07, 6.45) is 8.61. The molecule has 0 aliphatic carbocycles. The molecule has 297 valence electrons. The largest absolute Gasteiger partial charge is 0.509 e. The summed E-state index contributed by atoms with van der Waals surface area (Å²) in [4.78, 5) is 17.6. The van der Waals surface area contributed by atoms with Gasteiger partial charge in [-0.1, -0.05) is 65.6 Å². The first kappa shape index (κ1) is 42.4. The summed E-state index contributed by atoms with van der Waals surface area (Å²) in [7, 11) is 0. The van der Waals surface area contributed by atoms with Crippen molar-refractivity contribution in [2.45, 2.75) is 0 Å². The Morgan fingerprint density at radius 3 is 1.51 bits per heavy atom. The molecule has 0 spiro atoms. The van der Waals surface area contributed by atoms with Gasteiger partial charge in [0, 0.05) is 119 Å². The molecule has 6 aromatic carbocycles. The van der Waals surface area contributed by atoms with E-state index in [0.717, 1.165) is 61.1 Å². The van der Waals surface area contributed by atoms with E-state index in [1.165, 1.54) is 5.39 Å². The van der Waals surface area contributed by atoms with Crippen LogP contribution in [0, 0.1) is 24.3 Å². The van der Waals surface area contributed by atoms with Crippen LogP contribution in [0.2, 0.25) is 0 Å². The van der Waals surface area contributed by atoms with Gasteiger partial charge in [0.1, 0.15) is 11.6 Å². The smallest absolute Gasteiger partial charge is 0.135 e. The number of fused-ring (bicyclic) bond motifs is 6. The molecule has 11 aromatic rings. The third-order valence-electron chi connectivity index (χ3n) is 9.60. The van der Waals surface area contributed by atoms with E-state index in [-0.39, 0.29) is 48.6 Å². The van der Waals surface area contributed by atoms with Crippen LogP contribution in [0.4, 0.5) is 0 Å². The summed E-state index contributed by atoms with van der Waals surface area (Å²) in [5.41, 5.74) is 5.59. The molecular formula is C50H30BIr2N6O2-4. The second-order valence-electron chi connectivity index (χ2n) is 13.2. The minimum atomic E-state index is 0. The molecule has 0 amide bonds. The van der Waals surface area contributed by atoms with Gasteiger partial charge in [-0.25, -0.2) is 9.97 Å². The van der Waals surface area contributed by atoms with Gasteiger partial charge in [-0.3, -0.25) is 4.98 Å². The van der Waals surface area contributed by atoms with E-state index < -0.39 is 0 Å². The molecule has 0 fully saturated rings. The zero-order valence-electron chi connectivity index (χ0n) is 32.1. The van der Waals surface area contributed by atoms with Crippen LogP contribution in [0.5, 0.6) is 23.0 Å². The minimum absolute atomic E-state index is 0. The number of hydrogen-bond donors (Lipinski definition) is 0. The summed E-state index contributed by atoms with van der Waals surface area (Å²) in [5.74, 6) is 4.21. The van der Waals surface area contributed by atoms with E-state index in [1.54, 1.807) is 31.0 Å². The van der Waals surface area contributed by atoms with Gasteiger partial charge < -0.3 is 23.6 Å². The fourth-order valence-corrected chi connectivity index (χ4v) is 7.09. The van der Waals surface area contributed by atoms with Crippen LogP contribution in [0.15, 0.2) is 183 Å². The van der Waals surface area contributed by atoms with Crippen LogP contribution in [0.3, 0.4) is 0 Å². The van der Waals surface area contributed by atoms with Crippen molar-refractivity contribution in [2.24, 2.45) is 0 Å². The number of hydrogen-bond acceptors (Lipinski definition) is 6. The van der Waals surface area contributed by atoms with Crippen molar-refractivity contribution >= 4 is 52.0 Å². The second-order valence-corrected chi connectivity index (χ2v) is 13.2. The van der Waals surface area contributed by atoms with E-state index in [0.29, 0.717) is 23.0 Å². The molecule has 0 saturated heterocycles. The van der Waals surface area contributed by atoms with Gasteiger partial charge in [-0.2, -0.15) is 30.3 Å². The second kappa shape index (κ2) is 19.1. The van der Waals surface area contributed by atoms with Crippen molar-refractivity contribution in [3.63, 3.8) is 0 Å². The quantitative estimate of drug-likeness (QED) is 0.117. The van der Waals surface area contributed by atoms with Crippen molar-refractivity contribution in [1.29, 1.82) is 0 Å². The number of para-hydroxylation sites is 3. The molecule has 61 heavy (non-hydrogen) atoms. The average molecular weight is 1140 g/mol. The molecule has 5 heterocycles. The van der Waals surface area contributed by atoms with Gasteiger partial charge >= 0.3 is 0 Å². The molecule has 0 aliphatic heterocycles. The first-order valence-corrected chi connectivity index (χ1v) is 18.6. The molecule has 0 bridgehead atoms. The van der Waals surface area contributed by atoms with Crippen molar-refractivity contribution in [3.8, 4) is 45.9 Å². The molecule has 0 aliphatic rings. The first-order valence-electron chi connectivity index (χ1n) is 18.6. The van der Waals surface area contributed by atoms with Gasteiger partial charge in [-0.05, 0) is 47.2 Å². The van der Waals surface area contributed by atoms with Crippen LogP contribution in [-0.4, -0.2) is 37.5 Å². The van der Waals surface area contributed by atoms with Gasteiger partial charge in [0.05, 0.1) is 0 Å². The molecule has 5 radical (unpaired) electrons. The Hall–Kier alpha value is -6.74. The Bertz CT molecular complexity index is 3190. The number of benzene rings is 6. The summed E-state index contributed by atoms with van der Waals surface area (Å²) in [6.45, 7) is 0. The van der Waals surface area contributed by atoms with Gasteiger partial charge in [-0.15, -0.1) is 70.9 Å². The maximum absolute atomic E-state index is 6.14. The maximum Gasteiger partial charge on any atom is 0.135 e. The van der Waals surface area contributed by atoms with E-state index in [1.807, 2.05) is 115 Å². The van der Waals surface area contributed by atoms with E-state index in [2.05, 4.69) is 89.7 Å². The van der Waals surface area contributed by atoms with Crippen molar-refractivity contribution in [2.75, 3.05) is 0 Å². The number of aromatic nitrogens is 6. The molecule has 5 aromatic heterocycles. The van der Waals surface area contributed by atoms with Crippen molar-refractivity contribution < 1.29 is 49.7 Å². The Kier molecular flexibility index (Phi) is 13.3. The van der Waals surface area contributed by atoms with Crippen LogP contribution >= 0.6 is 0 Å². The van der Waals surface area contributed by atoms with E-state index in [4.69, 9.17) is 9.47 Å². The molecular weight excluding hydrogens is 1110 g/mol. The Morgan fingerprint density at radius 2 is 0.967 bits per heavy atom. The molecule has 11 rings (SSSR count). The Balaban J connectivity index is 0.000000179. The zero-order valence-corrected chi connectivity index (χ0v) is 36.9. The summed E-state index contributed by atoms with van der Waals surface area (Å²) in [5, 5.41) is 4.53. The Labute approximate surface area is 381 Å². The molecule has 0 unspecified atom stereocenters. The molecule has 0 atom stereocenters. The summed E-state index contributed by atoms with van der Waals surface area (Å²) >= 11 is 0. The SMILES string of the molecule is [B].[Ir].[Ir].[c-]1c(Oc2[c-]c3c(cc2)c2ccccc2n3-c2ccccn2)cccc1-c1cnccn1.[c-]1ccccc1Oc1[c-]c2c(cc1)c1ccccc1n2-c1ccccn1. The predicted molar refractivity (Wildman–Crippen MR) is 232 cm³/mol. The Morgan fingerprint density at radius 1 is 0.426 bits per heavy atom. The van der Waals surface area contributed by atoms with E-state index in [9.17, 15) is 0 Å². The number of ether oxygens (including phenoxy) is 2. The zero-order chi connectivity index (χ0) is 38.7. The normalized spacial score (nSPS) is 10.6. The van der Waals surface area contributed by atoms with E-state index >= 15 is 0 Å². The maximum atomic E-state index is 6.14. The molecule has 0 saturated carbocycles. The van der Waals surface area contributed by atoms with Crippen LogP contribution in [-0.2, 0) is 40.2 Å². The third-order valence-corrected chi connectivity index (χ3v) is 9.60. The van der Waals surface area contributed by atoms with Gasteiger partial charge in [0.2, 0.25) is 0 Å². The monoisotopic (exact) mass is 1140 g/mol. The standard InChI is InChI=1S/C27H16N4O.C23H14N2O.B.2Ir/c1-2-9-25-22(8-1)23-12-11-21(17-26(23)31(25)27-10-3-4-13-30-27)32-20-7-5-6-19(16-20)24-18-28-14-15-29-24;1-2-8-17(9-3-1)26-18-13-14-20-19-10-4-5-11-21(19)25(22(20)16-18)23-12-6-7-15-24-23;;;/h1-15,18H;1-8,10-15H;;;/q2*-2;;;. The number of pyridine rings is 2. The average Bonchev–Trinajstić information content (AvgIpc) is 3.80. The molecule has 0 N–H and O–H groups in total. The minimum Gasteiger partial charge on any atom is -0.509 e. The van der Waals surface area contributed by atoms with Crippen LogP contribution in [0.25, 0.3) is 66.5 Å². The van der Waals surface area contributed by atoms with Crippen molar-refractivity contribution in [3.05, 3.63) is 207 Å². The van der Waals surface area contributed by atoms with Gasteiger partial charge in [0.15, 0.2) is 0 Å². The van der Waals surface area contributed by atoms with Crippen LogP contribution in [0.1, 0.15) is 0 Å². The van der Waals surface area contributed by atoms with Crippen LogP contribution < -0.4 is 9.47 Å². The molecule has 11 heteroatoms. The number of nitrogens with zero attached hydrogens (tertiary/aromatic N) is 6. The fraction of sp³-hybridized carbons (Fsp3) is 0. The van der Waals surface area contributed by atoms with Crippen molar-refractivity contribution in [1.82, 2.24) is 29.1 Å². The summed E-state index contributed by atoms with van der Waals surface area (Å²) in [6, 6.07) is 62.9. The predicted octanol–water partition coefficient (Wildman–Crippen LogP) is 11.2. The fourth-order valence-electron chi connectivity index (χ4n) is 7.09. The first-order chi connectivity index (χ1) is 28.8.